The van der Waals surface area contributed by atoms with Crippen molar-refractivity contribution in [1.82, 2.24) is 9.38 Å². The molecule has 4 heterocycles. The highest BCUT2D eigenvalue weighted by Crippen LogP contribution is 2.36. The maximum Gasteiger partial charge on any atom is 0.338 e. The molecule has 1 aliphatic heterocycles. The largest absolute Gasteiger partial charge is 0.478 e. The number of carbonyl (C=O) groups is 2. The Labute approximate surface area is 250 Å². The van der Waals surface area contributed by atoms with Crippen molar-refractivity contribution in [2.45, 2.75) is 12.8 Å². The van der Waals surface area contributed by atoms with Crippen molar-refractivity contribution >= 4 is 23.0 Å². The summed E-state index contributed by atoms with van der Waals surface area (Å²) in [7, 11) is 2.03. The minimum Gasteiger partial charge on any atom is -0.478 e. The Morgan fingerprint density at radius 2 is 1.53 bits per heavy atom. The van der Waals surface area contributed by atoms with Gasteiger partial charge in [0.15, 0.2) is 0 Å². The van der Waals surface area contributed by atoms with Crippen LogP contribution in [0.3, 0.4) is 0 Å². The first-order chi connectivity index (χ1) is 21.0. The number of hydrogen-bond acceptors (Lipinski definition) is 4. The zero-order chi connectivity index (χ0) is 29.8. The molecule has 212 valence electrons. The van der Waals surface area contributed by atoms with Gasteiger partial charge >= 0.3 is 5.97 Å². The number of fused-ring (bicyclic) bond motifs is 2. The second-order valence-electron chi connectivity index (χ2n) is 10.5. The molecule has 0 radical (unpaired) electrons. The van der Waals surface area contributed by atoms with E-state index in [4.69, 9.17) is 0 Å². The lowest BCUT2D eigenvalue weighted by Gasteiger charge is -2.27. The van der Waals surface area contributed by atoms with E-state index in [-0.39, 0.29) is 17.0 Å². The standard InChI is InChI=1S/C20H15N.C17H16N2O3/c1-3-9-16(10-4-1)18-15-21-14-8-7-13-19(21)20(18)17-11-5-2-6-12-17;1-19-9-3-4-11-10-12(6-7-14(11)19)16(20)15-13(17(21)22)5-2-8-18-15/h1-15H;2,5-8,10H,3-4,9H2,1H3,(H,21,22). The number of carbonyl (C=O) groups excluding carboxylic acids is 1. The summed E-state index contributed by atoms with van der Waals surface area (Å²) in [5.41, 5.74) is 8.95. The molecule has 0 bridgehead atoms. The highest BCUT2D eigenvalue weighted by molar-refractivity contribution is 6.13. The van der Waals surface area contributed by atoms with E-state index in [0.29, 0.717) is 5.56 Å². The van der Waals surface area contributed by atoms with Crippen molar-refractivity contribution in [3.8, 4) is 22.3 Å². The Kier molecular flexibility index (Phi) is 7.83. The van der Waals surface area contributed by atoms with Gasteiger partial charge in [0, 0.05) is 54.6 Å². The van der Waals surface area contributed by atoms with Crippen LogP contribution in [0.25, 0.3) is 27.8 Å². The van der Waals surface area contributed by atoms with Crippen molar-refractivity contribution in [2.75, 3.05) is 18.5 Å². The molecule has 0 atom stereocenters. The van der Waals surface area contributed by atoms with Gasteiger partial charge in [0.1, 0.15) is 5.69 Å². The van der Waals surface area contributed by atoms with E-state index in [9.17, 15) is 14.7 Å². The van der Waals surface area contributed by atoms with Crippen LogP contribution in [0.5, 0.6) is 0 Å². The first-order valence-corrected chi connectivity index (χ1v) is 14.3. The third-order valence-electron chi connectivity index (χ3n) is 7.78. The lowest BCUT2D eigenvalue weighted by molar-refractivity contribution is 0.0692. The second-order valence-corrected chi connectivity index (χ2v) is 10.5. The van der Waals surface area contributed by atoms with Gasteiger partial charge in [-0.3, -0.25) is 9.78 Å². The van der Waals surface area contributed by atoms with Gasteiger partial charge in [0.25, 0.3) is 0 Å². The maximum atomic E-state index is 12.6. The van der Waals surface area contributed by atoms with Gasteiger partial charge in [-0.1, -0.05) is 66.7 Å². The van der Waals surface area contributed by atoms with Crippen LogP contribution in [0, 0.1) is 0 Å². The third kappa shape index (κ3) is 5.68. The summed E-state index contributed by atoms with van der Waals surface area (Å²) >= 11 is 0. The van der Waals surface area contributed by atoms with Crippen LogP contribution in [-0.4, -0.2) is 39.8 Å². The molecular weight excluding hydrogens is 534 g/mol. The summed E-state index contributed by atoms with van der Waals surface area (Å²) < 4.78 is 2.20. The Bertz CT molecular complexity index is 1910. The number of aryl methyl sites for hydroxylation is 1. The molecule has 6 aromatic rings. The number of benzene rings is 3. The highest BCUT2D eigenvalue weighted by Gasteiger charge is 2.21. The van der Waals surface area contributed by atoms with Crippen molar-refractivity contribution in [3.63, 3.8) is 0 Å². The van der Waals surface area contributed by atoms with Crippen LogP contribution in [0.1, 0.15) is 38.4 Å². The predicted molar refractivity (Wildman–Crippen MR) is 171 cm³/mol. The molecule has 3 aromatic heterocycles. The SMILES string of the molecule is CN1CCCc2cc(C(=O)c3ncccc3C(=O)O)ccc21.c1ccc(-c2cn3ccccc3c2-c2ccccc2)cc1. The summed E-state index contributed by atoms with van der Waals surface area (Å²) in [6.07, 6.45) is 7.73. The first kappa shape index (κ1) is 27.7. The van der Waals surface area contributed by atoms with Crippen LogP contribution in [0.2, 0.25) is 0 Å². The quantitative estimate of drug-likeness (QED) is 0.217. The topological polar surface area (TPSA) is 74.9 Å². The molecule has 0 spiro atoms. The number of pyridine rings is 2. The van der Waals surface area contributed by atoms with E-state index in [1.165, 1.54) is 46.1 Å². The summed E-state index contributed by atoms with van der Waals surface area (Å²) in [4.78, 5) is 30.0. The molecule has 1 N–H and O–H groups in total. The van der Waals surface area contributed by atoms with E-state index in [0.717, 1.165) is 30.6 Å². The molecule has 0 saturated carbocycles. The van der Waals surface area contributed by atoms with Gasteiger partial charge in [0.2, 0.25) is 5.78 Å². The average Bonchev–Trinajstić information content (AvgIpc) is 3.45. The zero-order valence-electron chi connectivity index (χ0n) is 23.9. The molecule has 0 saturated heterocycles. The fourth-order valence-electron chi connectivity index (χ4n) is 5.69. The van der Waals surface area contributed by atoms with Crippen molar-refractivity contribution in [1.29, 1.82) is 0 Å². The minimum absolute atomic E-state index is 0.0147. The Morgan fingerprint density at radius 1 is 0.814 bits per heavy atom. The van der Waals surface area contributed by atoms with Crippen LogP contribution in [-0.2, 0) is 6.42 Å². The number of carboxylic acid groups (broad SMARTS) is 1. The van der Waals surface area contributed by atoms with Crippen LogP contribution in [0.15, 0.2) is 128 Å². The minimum atomic E-state index is -1.14. The van der Waals surface area contributed by atoms with Crippen LogP contribution in [0.4, 0.5) is 5.69 Å². The van der Waals surface area contributed by atoms with E-state index < -0.39 is 5.97 Å². The lowest BCUT2D eigenvalue weighted by atomic mass is 9.96. The molecule has 7 rings (SSSR count). The predicted octanol–water partition coefficient (Wildman–Crippen LogP) is 7.67. The smallest absolute Gasteiger partial charge is 0.338 e. The molecule has 6 nitrogen and oxygen atoms in total. The van der Waals surface area contributed by atoms with Crippen molar-refractivity contribution in [3.05, 3.63) is 150 Å². The van der Waals surface area contributed by atoms with Gasteiger partial charge in [-0.05, 0) is 72.0 Å². The Hall–Kier alpha value is -5.49. The highest BCUT2D eigenvalue weighted by atomic mass is 16.4. The normalized spacial score (nSPS) is 12.3. The van der Waals surface area contributed by atoms with Gasteiger partial charge in [-0.2, -0.15) is 0 Å². The average molecular weight is 566 g/mol. The van der Waals surface area contributed by atoms with E-state index in [1.54, 1.807) is 6.07 Å². The van der Waals surface area contributed by atoms with Crippen LogP contribution < -0.4 is 4.90 Å². The number of anilines is 1. The summed E-state index contributed by atoms with van der Waals surface area (Å²) in [6.45, 7) is 1.00. The monoisotopic (exact) mass is 565 g/mol. The lowest BCUT2D eigenvalue weighted by Crippen LogP contribution is -2.25. The van der Waals surface area contributed by atoms with Gasteiger partial charge in [-0.25, -0.2) is 4.79 Å². The van der Waals surface area contributed by atoms with Crippen LogP contribution >= 0.6 is 0 Å². The molecule has 3 aromatic carbocycles. The molecule has 1 aliphatic rings. The molecule has 0 aliphatic carbocycles. The number of hydrogen-bond donors (Lipinski definition) is 1. The molecule has 6 heteroatoms. The van der Waals surface area contributed by atoms with Gasteiger partial charge < -0.3 is 14.4 Å². The third-order valence-corrected chi connectivity index (χ3v) is 7.78. The number of ketones is 1. The second kappa shape index (κ2) is 12.2. The maximum absolute atomic E-state index is 12.6. The van der Waals surface area contributed by atoms with E-state index in [1.807, 2.05) is 19.2 Å². The van der Waals surface area contributed by atoms with E-state index >= 15 is 0 Å². The number of rotatable bonds is 5. The molecular formula is C37H31N3O3. The summed E-state index contributed by atoms with van der Waals surface area (Å²) in [6, 6.07) is 35.9. The first-order valence-electron chi connectivity index (χ1n) is 14.3. The number of aromatic nitrogens is 2. The molecule has 43 heavy (non-hydrogen) atoms. The number of nitrogens with zero attached hydrogens (tertiary/aromatic N) is 3. The fraction of sp³-hybridized carbons (Fsp3) is 0.108. The molecule has 0 amide bonds. The number of aromatic carboxylic acids is 1. The van der Waals surface area contributed by atoms with Crippen molar-refractivity contribution < 1.29 is 14.7 Å². The molecule has 0 fully saturated rings. The van der Waals surface area contributed by atoms with Gasteiger partial charge in [0.05, 0.1) is 11.1 Å². The van der Waals surface area contributed by atoms with Crippen molar-refractivity contribution in [2.24, 2.45) is 0 Å². The Balaban J connectivity index is 0.000000153. The van der Waals surface area contributed by atoms with E-state index in [2.05, 4.69) is 106 Å². The zero-order valence-corrected chi connectivity index (χ0v) is 23.9. The summed E-state index contributed by atoms with van der Waals surface area (Å²) in [5.74, 6) is -1.50. The summed E-state index contributed by atoms with van der Waals surface area (Å²) in [5, 5.41) is 9.19. The Morgan fingerprint density at radius 3 is 2.28 bits per heavy atom. The number of carboxylic acids is 1. The fourth-order valence-corrected chi connectivity index (χ4v) is 5.69. The molecule has 0 unspecified atom stereocenters. The van der Waals surface area contributed by atoms with Gasteiger partial charge in [-0.15, -0.1) is 0 Å².